The highest BCUT2D eigenvalue weighted by Crippen LogP contribution is 2.37. The molecule has 13 heavy (non-hydrogen) atoms. The van der Waals surface area contributed by atoms with Crippen LogP contribution in [0.1, 0.15) is 0 Å². The zero-order valence-electron chi connectivity index (χ0n) is 8.07. The quantitative estimate of drug-likeness (QED) is 0.783. The molecule has 0 atom stereocenters. The van der Waals surface area contributed by atoms with E-state index in [4.69, 9.17) is 16.5 Å². The van der Waals surface area contributed by atoms with Gasteiger partial charge in [0.1, 0.15) is 5.75 Å². The molecule has 72 valence electrons. The second kappa shape index (κ2) is 4.12. The van der Waals surface area contributed by atoms with Crippen LogP contribution in [0.25, 0.3) is 0 Å². The van der Waals surface area contributed by atoms with Crippen molar-refractivity contribution in [3.63, 3.8) is 0 Å². The van der Waals surface area contributed by atoms with Gasteiger partial charge in [0.2, 0.25) is 0 Å². The van der Waals surface area contributed by atoms with Gasteiger partial charge in [0.05, 0.1) is 7.11 Å². The Morgan fingerprint density at radius 3 is 2.15 bits per heavy atom. The van der Waals surface area contributed by atoms with Crippen LogP contribution in [0.15, 0.2) is 24.3 Å². The predicted octanol–water partition coefficient (Wildman–Crippen LogP) is 2.76. The van der Waals surface area contributed by atoms with E-state index < -0.39 is 6.19 Å². The molecule has 0 aliphatic heterocycles. The summed E-state index contributed by atoms with van der Waals surface area (Å²) in [5.74, 6) is 0.867. The lowest BCUT2D eigenvalue weighted by Gasteiger charge is -2.14. The molecule has 1 aromatic rings. The van der Waals surface area contributed by atoms with Gasteiger partial charge < -0.3 is 9.82 Å². The van der Waals surface area contributed by atoms with E-state index in [1.165, 1.54) is 0 Å². The maximum atomic E-state index is 5.30. The van der Waals surface area contributed by atoms with Crippen LogP contribution in [0.3, 0.4) is 0 Å². The van der Waals surface area contributed by atoms with Gasteiger partial charge in [-0.05, 0) is 37.6 Å². The molecule has 0 saturated heterocycles. The van der Waals surface area contributed by atoms with Gasteiger partial charge in [0.15, 0.2) is 0 Å². The molecule has 1 rings (SSSR count). The molecule has 0 aliphatic rings. The molecule has 0 unspecified atom stereocenters. The fraction of sp³-hybridized carbons (Fsp3) is 0.333. The molecular formula is C9H14NOPS. The normalized spacial score (nSPS) is 11.0. The van der Waals surface area contributed by atoms with Crippen LogP contribution >= 0.6 is 6.19 Å². The first-order chi connectivity index (χ1) is 6.01. The van der Waals surface area contributed by atoms with E-state index in [0.29, 0.717) is 0 Å². The number of hydrogen-bond donors (Lipinski definition) is 1. The Hall–Kier alpha value is -0.530. The average Bonchev–Trinajstić information content (AvgIpc) is 2.03. The molecule has 0 fully saturated rings. The molecule has 0 spiro atoms. The van der Waals surface area contributed by atoms with Gasteiger partial charge >= 0.3 is 0 Å². The monoisotopic (exact) mass is 215 g/mol. The van der Waals surface area contributed by atoms with Crippen LogP contribution in [0.5, 0.6) is 5.75 Å². The maximum absolute atomic E-state index is 5.30. The van der Waals surface area contributed by atoms with Crippen LogP contribution in [0, 0.1) is 0 Å². The highest BCUT2D eigenvalue weighted by atomic mass is 32.4. The number of hydrogen-bond acceptors (Lipinski definition) is 2. The Bertz CT molecular complexity index is 317. The molecule has 0 amide bonds. The van der Waals surface area contributed by atoms with E-state index in [2.05, 4.69) is 18.4 Å². The third kappa shape index (κ3) is 3.79. The minimum absolute atomic E-state index is 0.867. The maximum Gasteiger partial charge on any atom is 0.119 e. The Morgan fingerprint density at radius 1 is 1.23 bits per heavy atom. The molecule has 1 N–H and O–H groups in total. The number of rotatable bonds is 3. The molecule has 0 heterocycles. The summed E-state index contributed by atoms with van der Waals surface area (Å²) in [4.78, 5) is 0. The van der Waals surface area contributed by atoms with E-state index in [0.717, 1.165) is 11.4 Å². The minimum atomic E-state index is -1.37. The van der Waals surface area contributed by atoms with Crippen molar-refractivity contribution in [2.75, 3.05) is 25.5 Å². The molecule has 0 radical (unpaired) electrons. The second-order valence-electron chi connectivity index (χ2n) is 3.19. The van der Waals surface area contributed by atoms with Crippen molar-refractivity contribution in [3.05, 3.63) is 24.3 Å². The summed E-state index contributed by atoms with van der Waals surface area (Å²) < 4.78 is 5.05. The number of nitrogens with one attached hydrogen (secondary N) is 1. The van der Waals surface area contributed by atoms with E-state index in [1.54, 1.807) is 7.11 Å². The summed E-state index contributed by atoms with van der Waals surface area (Å²) in [5, 5.41) is 3.30. The van der Waals surface area contributed by atoms with Crippen LogP contribution in [0.4, 0.5) is 5.69 Å². The van der Waals surface area contributed by atoms with Gasteiger partial charge in [-0.25, -0.2) is 0 Å². The van der Waals surface area contributed by atoms with Crippen LogP contribution in [-0.4, -0.2) is 20.4 Å². The molecule has 0 saturated carbocycles. The average molecular weight is 215 g/mol. The summed E-state index contributed by atoms with van der Waals surface area (Å²) in [6.07, 6.45) is -1.37. The summed E-state index contributed by atoms with van der Waals surface area (Å²) in [6.45, 7) is 4.12. The number of benzene rings is 1. The first-order valence-corrected chi connectivity index (χ1v) is 7.68. The largest absolute Gasteiger partial charge is 0.497 e. The highest BCUT2D eigenvalue weighted by molar-refractivity contribution is 8.14. The van der Waals surface area contributed by atoms with Crippen molar-refractivity contribution in [1.82, 2.24) is 0 Å². The van der Waals surface area contributed by atoms with Gasteiger partial charge in [-0.15, -0.1) is 0 Å². The van der Waals surface area contributed by atoms with Gasteiger partial charge in [-0.1, -0.05) is 11.8 Å². The van der Waals surface area contributed by atoms with Crippen LogP contribution in [-0.2, 0) is 11.8 Å². The number of anilines is 1. The summed E-state index contributed by atoms with van der Waals surface area (Å²) in [5.41, 5.74) is 1.06. The lowest BCUT2D eigenvalue weighted by atomic mass is 10.3. The fourth-order valence-electron chi connectivity index (χ4n) is 0.976. The standard InChI is InChI=1S/C9H14NOPS/c1-11-9-6-4-8(5-7-9)10-12(2,3)13/h4-7H,1-3H3,(H,10,13). The topological polar surface area (TPSA) is 21.3 Å². The van der Waals surface area contributed by atoms with Gasteiger partial charge in [0, 0.05) is 11.9 Å². The summed E-state index contributed by atoms with van der Waals surface area (Å²) >= 11 is 5.30. The zero-order valence-corrected chi connectivity index (χ0v) is 9.78. The summed E-state index contributed by atoms with van der Waals surface area (Å²) in [6, 6.07) is 7.81. The van der Waals surface area contributed by atoms with Crippen molar-refractivity contribution >= 4 is 23.7 Å². The smallest absolute Gasteiger partial charge is 0.119 e. The van der Waals surface area contributed by atoms with E-state index >= 15 is 0 Å². The third-order valence-corrected chi connectivity index (χ3v) is 2.56. The van der Waals surface area contributed by atoms with E-state index in [1.807, 2.05) is 24.3 Å². The van der Waals surface area contributed by atoms with Gasteiger partial charge in [0.25, 0.3) is 0 Å². The number of methoxy groups -OCH3 is 1. The lowest BCUT2D eigenvalue weighted by Crippen LogP contribution is -1.92. The molecule has 0 bridgehead atoms. The van der Waals surface area contributed by atoms with Crippen molar-refractivity contribution in [1.29, 1.82) is 0 Å². The van der Waals surface area contributed by atoms with Gasteiger partial charge in [-0.3, -0.25) is 0 Å². The van der Waals surface area contributed by atoms with Crippen molar-refractivity contribution in [2.24, 2.45) is 0 Å². The molecular weight excluding hydrogens is 201 g/mol. The molecule has 0 aliphatic carbocycles. The summed E-state index contributed by atoms with van der Waals surface area (Å²) in [7, 11) is 1.66. The Kier molecular flexibility index (Phi) is 3.34. The van der Waals surface area contributed by atoms with E-state index in [9.17, 15) is 0 Å². The van der Waals surface area contributed by atoms with Crippen LogP contribution < -0.4 is 9.82 Å². The first kappa shape index (κ1) is 10.6. The molecule has 4 heteroatoms. The fourth-order valence-corrected chi connectivity index (χ4v) is 2.06. The highest BCUT2D eigenvalue weighted by Gasteiger charge is 2.00. The van der Waals surface area contributed by atoms with Crippen LogP contribution in [0.2, 0.25) is 0 Å². The van der Waals surface area contributed by atoms with Crippen molar-refractivity contribution in [3.8, 4) is 5.75 Å². The Labute approximate surface area is 84.4 Å². The molecule has 1 aromatic carbocycles. The van der Waals surface area contributed by atoms with Crippen molar-refractivity contribution in [2.45, 2.75) is 0 Å². The van der Waals surface area contributed by atoms with E-state index in [-0.39, 0.29) is 0 Å². The number of ether oxygens (including phenoxy) is 1. The SMILES string of the molecule is COc1ccc(NP(C)(C)=S)cc1. The van der Waals surface area contributed by atoms with Gasteiger partial charge in [-0.2, -0.15) is 0 Å². The third-order valence-electron chi connectivity index (χ3n) is 1.49. The molecule has 2 nitrogen and oxygen atoms in total. The Balaban J connectivity index is 2.76. The van der Waals surface area contributed by atoms with Crippen molar-refractivity contribution < 1.29 is 4.74 Å². The zero-order chi connectivity index (χ0) is 9.90. The predicted molar refractivity (Wildman–Crippen MR) is 62.7 cm³/mol. The first-order valence-electron chi connectivity index (χ1n) is 3.98. The Morgan fingerprint density at radius 2 is 1.77 bits per heavy atom. The second-order valence-corrected chi connectivity index (χ2v) is 8.86. The minimum Gasteiger partial charge on any atom is -0.497 e. The molecule has 0 aromatic heterocycles. The lowest BCUT2D eigenvalue weighted by molar-refractivity contribution is 0.415.